The van der Waals surface area contributed by atoms with Crippen LogP contribution in [0.15, 0.2) is 23.1 Å². The predicted octanol–water partition coefficient (Wildman–Crippen LogP) is 1.89. The van der Waals surface area contributed by atoms with E-state index in [1.807, 2.05) is 6.07 Å². The standard InChI is InChI=1S/C12H11ClN2O3S/c1-7(16)15-11(12(17)18)6-19-9-3-2-8(5-14)10(13)4-9/h2-4,11H,6H2,1H3,(H,15,16)(H,17,18). The van der Waals surface area contributed by atoms with Crippen molar-refractivity contribution in [1.29, 1.82) is 5.26 Å². The summed E-state index contributed by atoms with van der Waals surface area (Å²) in [5.41, 5.74) is 0.364. The number of rotatable bonds is 5. The van der Waals surface area contributed by atoms with Crippen molar-refractivity contribution in [2.75, 3.05) is 5.75 Å². The van der Waals surface area contributed by atoms with Gasteiger partial charge in [-0.15, -0.1) is 11.8 Å². The zero-order valence-electron chi connectivity index (χ0n) is 10.0. The van der Waals surface area contributed by atoms with Crippen molar-refractivity contribution < 1.29 is 14.7 Å². The zero-order chi connectivity index (χ0) is 14.4. The van der Waals surface area contributed by atoms with Crippen molar-refractivity contribution in [2.24, 2.45) is 0 Å². The molecule has 0 saturated heterocycles. The third kappa shape index (κ3) is 4.81. The molecule has 19 heavy (non-hydrogen) atoms. The van der Waals surface area contributed by atoms with Gasteiger partial charge < -0.3 is 10.4 Å². The monoisotopic (exact) mass is 298 g/mol. The fourth-order valence-electron chi connectivity index (χ4n) is 1.28. The molecule has 2 N–H and O–H groups in total. The van der Waals surface area contributed by atoms with E-state index in [1.165, 1.54) is 18.7 Å². The zero-order valence-corrected chi connectivity index (χ0v) is 11.6. The Morgan fingerprint density at radius 2 is 2.26 bits per heavy atom. The number of thioether (sulfide) groups is 1. The Bertz CT molecular complexity index is 542. The van der Waals surface area contributed by atoms with Gasteiger partial charge in [0.15, 0.2) is 0 Å². The minimum Gasteiger partial charge on any atom is -0.480 e. The molecule has 1 aromatic rings. The number of amides is 1. The maximum absolute atomic E-state index is 10.9. The number of nitrogens with zero attached hydrogens (tertiary/aromatic N) is 1. The summed E-state index contributed by atoms with van der Waals surface area (Å²) in [5, 5.41) is 20.3. The second-order valence-corrected chi connectivity index (χ2v) is 5.16. The van der Waals surface area contributed by atoms with E-state index in [4.69, 9.17) is 22.0 Å². The minimum absolute atomic E-state index is 0.178. The molecule has 0 heterocycles. The molecule has 1 amide bonds. The van der Waals surface area contributed by atoms with Gasteiger partial charge in [0.2, 0.25) is 5.91 Å². The maximum Gasteiger partial charge on any atom is 0.327 e. The quantitative estimate of drug-likeness (QED) is 0.810. The van der Waals surface area contributed by atoms with Crippen molar-refractivity contribution in [1.82, 2.24) is 5.32 Å². The van der Waals surface area contributed by atoms with Gasteiger partial charge in [-0.05, 0) is 18.2 Å². The highest BCUT2D eigenvalue weighted by atomic mass is 35.5. The van der Waals surface area contributed by atoms with Crippen LogP contribution in [0.3, 0.4) is 0 Å². The second kappa shape index (κ2) is 7.02. The lowest BCUT2D eigenvalue weighted by Crippen LogP contribution is -2.41. The van der Waals surface area contributed by atoms with E-state index in [1.54, 1.807) is 18.2 Å². The fourth-order valence-corrected chi connectivity index (χ4v) is 2.51. The highest BCUT2D eigenvalue weighted by Gasteiger charge is 2.18. The van der Waals surface area contributed by atoms with Gasteiger partial charge in [0.1, 0.15) is 12.1 Å². The van der Waals surface area contributed by atoms with E-state index in [-0.39, 0.29) is 5.75 Å². The van der Waals surface area contributed by atoms with E-state index in [0.717, 1.165) is 4.90 Å². The van der Waals surface area contributed by atoms with Gasteiger partial charge in [0.25, 0.3) is 0 Å². The van der Waals surface area contributed by atoms with Crippen LogP contribution in [-0.2, 0) is 9.59 Å². The molecule has 5 nitrogen and oxygen atoms in total. The smallest absolute Gasteiger partial charge is 0.327 e. The number of nitriles is 1. The molecule has 0 aromatic heterocycles. The Kier molecular flexibility index (Phi) is 5.67. The Morgan fingerprint density at radius 1 is 1.58 bits per heavy atom. The first-order valence-corrected chi connectivity index (χ1v) is 6.62. The van der Waals surface area contributed by atoms with E-state index in [9.17, 15) is 9.59 Å². The van der Waals surface area contributed by atoms with Gasteiger partial charge in [0.05, 0.1) is 10.6 Å². The summed E-state index contributed by atoms with van der Waals surface area (Å²) >= 11 is 7.11. The Balaban J connectivity index is 2.69. The lowest BCUT2D eigenvalue weighted by Gasteiger charge is -2.12. The van der Waals surface area contributed by atoms with Gasteiger partial charge in [-0.3, -0.25) is 4.79 Å². The maximum atomic E-state index is 10.9. The van der Waals surface area contributed by atoms with Crippen LogP contribution in [-0.4, -0.2) is 28.8 Å². The highest BCUT2D eigenvalue weighted by molar-refractivity contribution is 7.99. The van der Waals surface area contributed by atoms with Gasteiger partial charge in [0, 0.05) is 17.6 Å². The fraction of sp³-hybridized carbons (Fsp3) is 0.250. The molecule has 0 saturated carbocycles. The molecule has 1 rings (SSSR count). The lowest BCUT2D eigenvalue weighted by atomic mass is 10.2. The molecule has 0 aliphatic heterocycles. The van der Waals surface area contributed by atoms with Crippen molar-refractivity contribution in [3.63, 3.8) is 0 Å². The van der Waals surface area contributed by atoms with Crippen LogP contribution >= 0.6 is 23.4 Å². The predicted molar refractivity (Wildman–Crippen MR) is 72.1 cm³/mol. The molecule has 7 heteroatoms. The van der Waals surface area contributed by atoms with Crippen LogP contribution in [0.4, 0.5) is 0 Å². The van der Waals surface area contributed by atoms with Crippen LogP contribution in [0, 0.1) is 11.3 Å². The number of nitrogens with one attached hydrogen (secondary N) is 1. The summed E-state index contributed by atoms with van der Waals surface area (Å²) in [6, 6.07) is 5.82. The molecular weight excluding hydrogens is 288 g/mol. The number of carboxylic acids is 1. The largest absolute Gasteiger partial charge is 0.480 e. The van der Waals surface area contributed by atoms with Gasteiger partial charge in [-0.2, -0.15) is 5.26 Å². The molecule has 0 radical (unpaired) electrons. The first-order valence-electron chi connectivity index (χ1n) is 5.26. The summed E-state index contributed by atoms with van der Waals surface area (Å²) in [6.45, 7) is 1.26. The molecular formula is C12H11ClN2O3S. The molecule has 0 aliphatic carbocycles. The number of hydrogen-bond acceptors (Lipinski definition) is 4. The number of benzene rings is 1. The van der Waals surface area contributed by atoms with E-state index >= 15 is 0 Å². The SMILES string of the molecule is CC(=O)NC(CSc1ccc(C#N)c(Cl)c1)C(=O)O. The van der Waals surface area contributed by atoms with Crippen LogP contribution in [0.1, 0.15) is 12.5 Å². The van der Waals surface area contributed by atoms with Gasteiger partial charge in [-0.25, -0.2) is 4.79 Å². The first kappa shape index (κ1) is 15.3. The molecule has 100 valence electrons. The summed E-state index contributed by atoms with van der Waals surface area (Å²) in [7, 11) is 0. The minimum atomic E-state index is -1.09. The number of aliphatic carboxylic acids is 1. The topological polar surface area (TPSA) is 90.2 Å². The van der Waals surface area contributed by atoms with Crippen molar-refractivity contribution in [3.05, 3.63) is 28.8 Å². The number of carbonyl (C=O) groups excluding carboxylic acids is 1. The van der Waals surface area contributed by atoms with E-state index < -0.39 is 17.9 Å². The Labute approximate surface area is 119 Å². The van der Waals surface area contributed by atoms with Gasteiger partial charge in [-0.1, -0.05) is 11.6 Å². The molecule has 0 spiro atoms. The van der Waals surface area contributed by atoms with E-state index in [0.29, 0.717) is 10.6 Å². The number of carbonyl (C=O) groups is 2. The molecule has 1 atom stereocenters. The summed E-state index contributed by atoms with van der Waals surface area (Å²) < 4.78 is 0. The van der Waals surface area contributed by atoms with E-state index in [2.05, 4.69) is 5.32 Å². The van der Waals surface area contributed by atoms with Crippen LogP contribution in [0.5, 0.6) is 0 Å². The molecule has 0 bridgehead atoms. The highest BCUT2D eigenvalue weighted by Crippen LogP contribution is 2.25. The average Bonchev–Trinajstić information content (AvgIpc) is 2.34. The van der Waals surface area contributed by atoms with Crippen molar-refractivity contribution in [2.45, 2.75) is 17.9 Å². The second-order valence-electron chi connectivity index (χ2n) is 3.66. The molecule has 0 fully saturated rings. The lowest BCUT2D eigenvalue weighted by molar-refractivity contribution is -0.140. The molecule has 0 aliphatic rings. The van der Waals surface area contributed by atoms with Gasteiger partial charge >= 0.3 is 5.97 Å². The van der Waals surface area contributed by atoms with Crippen molar-refractivity contribution >= 4 is 35.2 Å². The third-order valence-electron chi connectivity index (χ3n) is 2.15. The van der Waals surface area contributed by atoms with Crippen LogP contribution < -0.4 is 5.32 Å². The van der Waals surface area contributed by atoms with Crippen LogP contribution in [0.25, 0.3) is 0 Å². The number of carboxylic acid groups (broad SMARTS) is 1. The summed E-state index contributed by atoms with van der Waals surface area (Å²) in [6.07, 6.45) is 0. The summed E-state index contributed by atoms with van der Waals surface area (Å²) in [4.78, 5) is 22.5. The Hall–Kier alpha value is -1.71. The number of hydrogen-bond donors (Lipinski definition) is 2. The Morgan fingerprint density at radius 3 is 2.74 bits per heavy atom. The normalized spacial score (nSPS) is 11.4. The number of halogens is 1. The summed E-state index contributed by atoms with van der Waals surface area (Å²) in [5.74, 6) is -1.31. The van der Waals surface area contributed by atoms with Crippen molar-refractivity contribution in [3.8, 4) is 6.07 Å². The molecule has 1 unspecified atom stereocenters. The molecule has 1 aromatic carbocycles. The third-order valence-corrected chi connectivity index (χ3v) is 3.55. The first-order chi connectivity index (χ1) is 8.93. The average molecular weight is 299 g/mol. The van der Waals surface area contributed by atoms with Crippen LogP contribution in [0.2, 0.25) is 5.02 Å².